The second-order valence-corrected chi connectivity index (χ2v) is 6.31. The standard InChI is InChI=1S/C14H17ClN4O2S/c1-20-13-4-2-3-12(15)11(13)9-22-14-16-17-18-19(14)10-5-7-21-8-6-10/h2-4,10H,5-9H2,1H3. The van der Waals surface area contributed by atoms with Crippen molar-refractivity contribution in [1.82, 2.24) is 20.2 Å². The Morgan fingerprint density at radius 3 is 3.00 bits per heavy atom. The molecule has 0 amide bonds. The first-order valence-electron chi connectivity index (χ1n) is 7.09. The summed E-state index contributed by atoms with van der Waals surface area (Å²) in [7, 11) is 1.64. The molecule has 1 aliphatic rings. The van der Waals surface area contributed by atoms with E-state index in [0.717, 1.165) is 42.5 Å². The smallest absolute Gasteiger partial charge is 0.209 e. The second-order valence-electron chi connectivity index (χ2n) is 4.96. The first-order chi connectivity index (χ1) is 10.8. The lowest BCUT2D eigenvalue weighted by Crippen LogP contribution is -2.21. The van der Waals surface area contributed by atoms with E-state index in [4.69, 9.17) is 21.1 Å². The molecule has 2 heterocycles. The third-order valence-corrected chi connectivity index (χ3v) is 4.95. The van der Waals surface area contributed by atoms with Crippen LogP contribution in [0, 0.1) is 0 Å². The Morgan fingerprint density at radius 2 is 2.23 bits per heavy atom. The Labute approximate surface area is 138 Å². The number of nitrogens with zero attached hydrogens (tertiary/aromatic N) is 4. The lowest BCUT2D eigenvalue weighted by molar-refractivity contribution is 0.0631. The summed E-state index contributed by atoms with van der Waals surface area (Å²) in [6.07, 6.45) is 1.88. The number of rotatable bonds is 5. The maximum Gasteiger partial charge on any atom is 0.209 e. The van der Waals surface area contributed by atoms with Gasteiger partial charge >= 0.3 is 0 Å². The lowest BCUT2D eigenvalue weighted by atomic mass is 10.1. The second kappa shape index (κ2) is 7.30. The number of benzene rings is 1. The van der Waals surface area contributed by atoms with Crippen LogP contribution in [0.1, 0.15) is 24.4 Å². The van der Waals surface area contributed by atoms with Gasteiger partial charge in [0.25, 0.3) is 0 Å². The van der Waals surface area contributed by atoms with E-state index in [-0.39, 0.29) is 0 Å². The Kier molecular flexibility index (Phi) is 5.17. The Balaban J connectivity index is 1.74. The summed E-state index contributed by atoms with van der Waals surface area (Å²) in [5, 5.41) is 13.6. The summed E-state index contributed by atoms with van der Waals surface area (Å²) in [5.74, 6) is 1.44. The fourth-order valence-corrected chi connectivity index (χ4v) is 3.74. The van der Waals surface area contributed by atoms with E-state index in [1.165, 1.54) is 0 Å². The fourth-order valence-electron chi connectivity index (χ4n) is 2.45. The number of hydrogen-bond acceptors (Lipinski definition) is 6. The van der Waals surface area contributed by atoms with Crippen LogP contribution in [-0.4, -0.2) is 40.5 Å². The van der Waals surface area contributed by atoms with Gasteiger partial charge in [-0.1, -0.05) is 29.4 Å². The summed E-state index contributed by atoms with van der Waals surface area (Å²) in [6, 6.07) is 5.95. The molecule has 0 radical (unpaired) electrons. The van der Waals surface area contributed by atoms with Crippen molar-refractivity contribution in [2.75, 3.05) is 20.3 Å². The van der Waals surface area contributed by atoms with E-state index in [2.05, 4.69) is 15.5 Å². The van der Waals surface area contributed by atoms with Crippen molar-refractivity contribution in [3.05, 3.63) is 28.8 Å². The first kappa shape index (κ1) is 15.6. The van der Waals surface area contributed by atoms with E-state index in [1.54, 1.807) is 18.9 Å². The predicted octanol–water partition coefficient (Wildman–Crippen LogP) is 2.98. The summed E-state index contributed by atoms with van der Waals surface area (Å²) < 4.78 is 12.7. The highest BCUT2D eigenvalue weighted by atomic mass is 35.5. The molecule has 0 saturated carbocycles. The van der Waals surface area contributed by atoms with Crippen molar-refractivity contribution in [3.63, 3.8) is 0 Å². The van der Waals surface area contributed by atoms with Crippen LogP contribution < -0.4 is 4.74 Å². The lowest BCUT2D eigenvalue weighted by Gasteiger charge is -2.22. The molecule has 2 aromatic rings. The van der Waals surface area contributed by atoms with Gasteiger partial charge in [-0.2, -0.15) is 0 Å². The SMILES string of the molecule is COc1cccc(Cl)c1CSc1nnnn1C1CCOCC1. The third-order valence-electron chi connectivity index (χ3n) is 3.64. The largest absolute Gasteiger partial charge is 0.496 e. The average Bonchev–Trinajstić information content (AvgIpc) is 3.03. The molecule has 0 unspecified atom stereocenters. The van der Waals surface area contributed by atoms with Crippen molar-refractivity contribution >= 4 is 23.4 Å². The van der Waals surface area contributed by atoms with Crippen LogP contribution in [0.15, 0.2) is 23.4 Å². The van der Waals surface area contributed by atoms with Gasteiger partial charge in [-0.05, 0) is 35.4 Å². The Hall–Kier alpha value is -1.31. The summed E-state index contributed by atoms with van der Waals surface area (Å²) in [6.45, 7) is 1.51. The molecule has 0 N–H and O–H groups in total. The van der Waals surface area contributed by atoms with Crippen molar-refractivity contribution in [2.24, 2.45) is 0 Å². The monoisotopic (exact) mass is 340 g/mol. The van der Waals surface area contributed by atoms with E-state index in [1.807, 2.05) is 22.9 Å². The van der Waals surface area contributed by atoms with Gasteiger partial charge in [0.15, 0.2) is 0 Å². The van der Waals surface area contributed by atoms with Gasteiger partial charge in [0.1, 0.15) is 5.75 Å². The van der Waals surface area contributed by atoms with Crippen molar-refractivity contribution in [1.29, 1.82) is 0 Å². The summed E-state index contributed by atoms with van der Waals surface area (Å²) in [5.41, 5.74) is 0.957. The van der Waals surface area contributed by atoms with Crippen LogP contribution >= 0.6 is 23.4 Å². The van der Waals surface area contributed by atoms with Crippen LogP contribution in [0.3, 0.4) is 0 Å². The molecule has 1 saturated heterocycles. The molecule has 1 aromatic heterocycles. The van der Waals surface area contributed by atoms with Gasteiger partial charge in [0.2, 0.25) is 5.16 Å². The molecule has 1 aromatic carbocycles. The van der Waals surface area contributed by atoms with E-state index < -0.39 is 0 Å². The maximum atomic E-state index is 6.27. The molecule has 22 heavy (non-hydrogen) atoms. The van der Waals surface area contributed by atoms with Crippen LogP contribution in [0.2, 0.25) is 5.02 Å². The summed E-state index contributed by atoms with van der Waals surface area (Å²) in [4.78, 5) is 0. The van der Waals surface area contributed by atoms with Crippen molar-refractivity contribution in [3.8, 4) is 5.75 Å². The highest BCUT2D eigenvalue weighted by molar-refractivity contribution is 7.98. The number of halogens is 1. The molecule has 0 bridgehead atoms. The number of thioether (sulfide) groups is 1. The number of methoxy groups -OCH3 is 1. The normalized spacial score (nSPS) is 15.9. The molecule has 1 aliphatic heterocycles. The highest BCUT2D eigenvalue weighted by Gasteiger charge is 2.21. The van der Waals surface area contributed by atoms with Crippen LogP contribution in [-0.2, 0) is 10.5 Å². The Morgan fingerprint density at radius 1 is 1.41 bits per heavy atom. The molecule has 0 atom stereocenters. The van der Waals surface area contributed by atoms with Crippen molar-refractivity contribution < 1.29 is 9.47 Å². The van der Waals surface area contributed by atoms with Gasteiger partial charge in [-0.3, -0.25) is 0 Å². The number of ether oxygens (including phenoxy) is 2. The number of hydrogen-bond donors (Lipinski definition) is 0. The molecule has 0 spiro atoms. The molecule has 118 valence electrons. The molecular formula is C14H17ClN4O2S. The molecular weight excluding hydrogens is 324 g/mol. The zero-order chi connectivity index (χ0) is 15.4. The number of aromatic nitrogens is 4. The maximum absolute atomic E-state index is 6.27. The minimum absolute atomic E-state index is 0.305. The Bertz CT molecular complexity index is 631. The van der Waals surface area contributed by atoms with Crippen LogP contribution in [0.4, 0.5) is 0 Å². The highest BCUT2D eigenvalue weighted by Crippen LogP contribution is 2.33. The zero-order valence-corrected chi connectivity index (χ0v) is 13.8. The fraction of sp³-hybridized carbons (Fsp3) is 0.500. The predicted molar refractivity (Wildman–Crippen MR) is 84.5 cm³/mol. The molecule has 8 heteroatoms. The minimum Gasteiger partial charge on any atom is -0.496 e. The number of tetrazole rings is 1. The molecule has 1 fully saturated rings. The molecule has 6 nitrogen and oxygen atoms in total. The quantitative estimate of drug-likeness (QED) is 0.780. The van der Waals surface area contributed by atoms with E-state index >= 15 is 0 Å². The molecule has 3 rings (SSSR count). The van der Waals surface area contributed by atoms with Crippen LogP contribution in [0.5, 0.6) is 5.75 Å². The van der Waals surface area contributed by atoms with Gasteiger partial charge in [0.05, 0.1) is 13.2 Å². The third kappa shape index (κ3) is 3.37. The van der Waals surface area contributed by atoms with Crippen LogP contribution in [0.25, 0.3) is 0 Å². The molecule has 0 aliphatic carbocycles. The topological polar surface area (TPSA) is 62.1 Å². The van der Waals surface area contributed by atoms with Gasteiger partial charge in [-0.15, -0.1) is 5.10 Å². The van der Waals surface area contributed by atoms with Crippen molar-refractivity contribution in [2.45, 2.75) is 29.8 Å². The minimum atomic E-state index is 0.305. The average molecular weight is 341 g/mol. The first-order valence-corrected chi connectivity index (χ1v) is 8.45. The van der Waals surface area contributed by atoms with E-state index in [0.29, 0.717) is 16.8 Å². The van der Waals surface area contributed by atoms with E-state index in [9.17, 15) is 0 Å². The van der Waals surface area contributed by atoms with Gasteiger partial charge in [0, 0.05) is 29.6 Å². The van der Waals surface area contributed by atoms with Gasteiger partial charge in [-0.25, -0.2) is 4.68 Å². The van der Waals surface area contributed by atoms with Gasteiger partial charge < -0.3 is 9.47 Å². The zero-order valence-electron chi connectivity index (χ0n) is 12.2. The summed E-state index contributed by atoms with van der Waals surface area (Å²) >= 11 is 7.83.